The van der Waals surface area contributed by atoms with Crippen LogP contribution in [0.25, 0.3) is 0 Å². The highest BCUT2D eigenvalue weighted by Gasteiger charge is 2.58. The standard InChI is InChI=1S/C26H22ClF8NO2/c1-2-18-13-21(9-10-22(18)27)38-20-8-4-5-16(12-20)14-23(37,25(30,31)32)36-15-17-6-3-7-19(11-17)24(28,29)26(33,34)35/h3-13,36-37H,2,14-15H2,1H3. The summed E-state index contributed by atoms with van der Waals surface area (Å²) in [7, 11) is 0. The highest BCUT2D eigenvalue weighted by Crippen LogP contribution is 2.44. The SMILES string of the molecule is CCc1cc(Oc2cccc(CC(O)(NCc3cccc(C(F)(F)C(F)(F)F)c3)C(F)(F)F)c2)ccc1Cl. The molecule has 12 heteroatoms. The molecule has 3 aromatic carbocycles. The minimum atomic E-state index is -5.89. The average Bonchev–Trinajstić information content (AvgIpc) is 2.83. The Hall–Kier alpha value is -2.89. The van der Waals surface area contributed by atoms with Crippen molar-refractivity contribution in [3.8, 4) is 11.5 Å². The van der Waals surface area contributed by atoms with Gasteiger partial charge in [-0.3, -0.25) is 5.32 Å². The van der Waals surface area contributed by atoms with Crippen LogP contribution < -0.4 is 10.1 Å². The smallest absolute Gasteiger partial charge is 0.457 e. The van der Waals surface area contributed by atoms with Gasteiger partial charge in [-0.05, 0) is 59.5 Å². The van der Waals surface area contributed by atoms with Crippen molar-refractivity contribution in [3.05, 3.63) is 94.0 Å². The lowest BCUT2D eigenvalue weighted by atomic mass is 10.00. The molecule has 1 unspecified atom stereocenters. The second kappa shape index (κ2) is 11.1. The maximum Gasteiger partial charge on any atom is 0.458 e. The molecular formula is C26H22ClF8NO2. The average molecular weight is 568 g/mol. The quantitative estimate of drug-likeness (QED) is 0.204. The minimum absolute atomic E-state index is 0.0110. The Morgan fingerprint density at radius 1 is 0.789 bits per heavy atom. The van der Waals surface area contributed by atoms with E-state index in [1.807, 2.05) is 12.2 Å². The number of rotatable bonds is 9. The van der Waals surface area contributed by atoms with E-state index in [-0.39, 0.29) is 16.9 Å². The molecule has 0 radical (unpaired) electrons. The molecule has 0 saturated heterocycles. The number of ether oxygens (including phenoxy) is 1. The lowest BCUT2D eigenvalue weighted by Crippen LogP contribution is -2.58. The number of aryl methyl sites for hydroxylation is 1. The Labute approximate surface area is 218 Å². The predicted octanol–water partition coefficient (Wildman–Crippen LogP) is 7.93. The van der Waals surface area contributed by atoms with Crippen molar-refractivity contribution in [3.63, 3.8) is 0 Å². The zero-order valence-corrected chi connectivity index (χ0v) is 20.5. The van der Waals surface area contributed by atoms with Gasteiger partial charge in [0.2, 0.25) is 5.72 Å². The van der Waals surface area contributed by atoms with Gasteiger partial charge in [0, 0.05) is 23.6 Å². The van der Waals surface area contributed by atoms with Gasteiger partial charge >= 0.3 is 18.3 Å². The summed E-state index contributed by atoms with van der Waals surface area (Å²) in [5, 5.41) is 12.9. The molecule has 38 heavy (non-hydrogen) atoms. The van der Waals surface area contributed by atoms with Gasteiger partial charge in [-0.2, -0.15) is 35.1 Å². The Morgan fingerprint density at radius 2 is 1.42 bits per heavy atom. The highest BCUT2D eigenvalue weighted by molar-refractivity contribution is 6.31. The summed E-state index contributed by atoms with van der Waals surface area (Å²) in [6.07, 6.45) is -11.5. The molecule has 3 aromatic rings. The molecule has 3 rings (SSSR count). The normalized spacial score (nSPS) is 14.3. The van der Waals surface area contributed by atoms with Gasteiger partial charge in [0.25, 0.3) is 0 Å². The van der Waals surface area contributed by atoms with Crippen molar-refractivity contribution in [2.45, 2.75) is 50.3 Å². The fourth-order valence-corrected chi connectivity index (χ4v) is 3.84. The first kappa shape index (κ1) is 29.7. The molecule has 0 heterocycles. The molecule has 0 bridgehead atoms. The Balaban J connectivity index is 1.80. The van der Waals surface area contributed by atoms with Crippen molar-refractivity contribution in [1.29, 1.82) is 0 Å². The highest BCUT2D eigenvalue weighted by atomic mass is 35.5. The van der Waals surface area contributed by atoms with Crippen LogP contribution in [0.3, 0.4) is 0 Å². The summed E-state index contributed by atoms with van der Waals surface area (Å²) in [6, 6.07) is 13.3. The van der Waals surface area contributed by atoms with E-state index in [0.29, 0.717) is 29.3 Å². The maximum absolute atomic E-state index is 13.9. The molecule has 0 amide bonds. The largest absolute Gasteiger partial charge is 0.458 e. The second-order valence-electron chi connectivity index (χ2n) is 8.52. The van der Waals surface area contributed by atoms with E-state index >= 15 is 0 Å². The van der Waals surface area contributed by atoms with Gasteiger partial charge in [0.05, 0.1) is 0 Å². The first-order valence-corrected chi connectivity index (χ1v) is 11.6. The van der Waals surface area contributed by atoms with Gasteiger partial charge in [0.1, 0.15) is 11.5 Å². The summed E-state index contributed by atoms with van der Waals surface area (Å²) in [6.45, 7) is 1.03. The molecular weight excluding hydrogens is 546 g/mol. The maximum atomic E-state index is 13.9. The van der Waals surface area contributed by atoms with Crippen LogP contribution in [-0.2, 0) is 25.3 Å². The lowest BCUT2D eigenvalue weighted by molar-refractivity contribution is -0.289. The molecule has 2 N–H and O–H groups in total. The number of hydrogen-bond donors (Lipinski definition) is 2. The van der Waals surface area contributed by atoms with Gasteiger partial charge < -0.3 is 9.84 Å². The van der Waals surface area contributed by atoms with Crippen molar-refractivity contribution < 1.29 is 45.0 Å². The van der Waals surface area contributed by atoms with Crippen LogP contribution in [0.2, 0.25) is 5.02 Å². The molecule has 0 aliphatic carbocycles. The molecule has 0 aromatic heterocycles. The molecule has 1 atom stereocenters. The number of nitrogens with one attached hydrogen (secondary N) is 1. The fraction of sp³-hybridized carbons (Fsp3) is 0.308. The van der Waals surface area contributed by atoms with Gasteiger partial charge in [-0.25, -0.2) is 0 Å². The van der Waals surface area contributed by atoms with Crippen LogP contribution in [0.5, 0.6) is 11.5 Å². The molecule has 3 nitrogen and oxygen atoms in total. The van der Waals surface area contributed by atoms with E-state index in [9.17, 15) is 40.2 Å². The van der Waals surface area contributed by atoms with E-state index in [0.717, 1.165) is 17.7 Å². The molecule has 0 aliphatic rings. The molecule has 0 spiro atoms. The molecule has 206 valence electrons. The van der Waals surface area contributed by atoms with Crippen LogP contribution >= 0.6 is 11.6 Å². The summed E-state index contributed by atoms with van der Waals surface area (Å²) in [5.74, 6) is -4.63. The first-order valence-electron chi connectivity index (χ1n) is 11.2. The molecule has 0 fully saturated rings. The zero-order chi connectivity index (χ0) is 28.4. The monoisotopic (exact) mass is 567 g/mol. The fourth-order valence-electron chi connectivity index (χ4n) is 3.59. The van der Waals surface area contributed by atoms with E-state index in [4.69, 9.17) is 16.3 Å². The third kappa shape index (κ3) is 6.75. The number of halogens is 9. The zero-order valence-electron chi connectivity index (χ0n) is 19.7. The number of aliphatic hydroxyl groups is 1. The molecule has 0 aliphatic heterocycles. The van der Waals surface area contributed by atoms with Crippen LogP contribution in [0, 0.1) is 0 Å². The van der Waals surface area contributed by atoms with E-state index in [2.05, 4.69) is 0 Å². The number of alkyl halides is 8. The van der Waals surface area contributed by atoms with Crippen molar-refractivity contribution >= 4 is 11.6 Å². The molecule has 0 saturated carbocycles. The summed E-state index contributed by atoms with van der Waals surface area (Å²) in [4.78, 5) is 0. The first-order chi connectivity index (χ1) is 17.6. The summed E-state index contributed by atoms with van der Waals surface area (Å²) < 4.78 is 113. The third-order valence-electron chi connectivity index (χ3n) is 5.69. The van der Waals surface area contributed by atoms with Crippen molar-refractivity contribution in [2.75, 3.05) is 0 Å². The second-order valence-corrected chi connectivity index (χ2v) is 8.92. The number of hydrogen-bond acceptors (Lipinski definition) is 3. The van der Waals surface area contributed by atoms with Gasteiger partial charge in [-0.1, -0.05) is 48.9 Å². The van der Waals surface area contributed by atoms with Crippen molar-refractivity contribution in [2.24, 2.45) is 0 Å². The predicted molar refractivity (Wildman–Crippen MR) is 125 cm³/mol. The van der Waals surface area contributed by atoms with Gasteiger partial charge in [-0.15, -0.1) is 0 Å². The summed E-state index contributed by atoms with van der Waals surface area (Å²) >= 11 is 6.08. The number of benzene rings is 3. The van der Waals surface area contributed by atoms with Crippen LogP contribution in [-0.4, -0.2) is 23.2 Å². The van der Waals surface area contributed by atoms with Gasteiger partial charge in [0.15, 0.2) is 0 Å². The van der Waals surface area contributed by atoms with Crippen LogP contribution in [0.15, 0.2) is 66.7 Å². The lowest BCUT2D eigenvalue weighted by Gasteiger charge is -2.32. The van der Waals surface area contributed by atoms with Crippen LogP contribution in [0.4, 0.5) is 35.1 Å². The van der Waals surface area contributed by atoms with Crippen molar-refractivity contribution in [1.82, 2.24) is 5.32 Å². The Bertz CT molecular complexity index is 1260. The minimum Gasteiger partial charge on any atom is -0.457 e. The van der Waals surface area contributed by atoms with E-state index in [1.54, 1.807) is 18.2 Å². The Kier molecular flexibility index (Phi) is 8.64. The van der Waals surface area contributed by atoms with E-state index < -0.39 is 42.5 Å². The third-order valence-corrected chi connectivity index (χ3v) is 6.06. The van der Waals surface area contributed by atoms with Crippen LogP contribution in [0.1, 0.15) is 29.2 Å². The summed E-state index contributed by atoms with van der Waals surface area (Å²) in [5.41, 5.74) is -4.48. The van der Waals surface area contributed by atoms with E-state index in [1.165, 1.54) is 24.3 Å². The topological polar surface area (TPSA) is 41.5 Å². The Morgan fingerprint density at radius 3 is 2.05 bits per heavy atom.